The molecule has 0 aliphatic carbocycles. The molecule has 2 N–H and O–H groups in total. The highest BCUT2D eigenvalue weighted by atomic mass is 16.3. The number of nitrogens with one attached hydrogen (secondary N) is 1. The van der Waals surface area contributed by atoms with Crippen LogP contribution in [-0.2, 0) is 0 Å². The summed E-state index contributed by atoms with van der Waals surface area (Å²) in [4.78, 5) is 3.71. The third-order valence-electron chi connectivity index (χ3n) is 0.862. The Labute approximate surface area is 47.7 Å². The molecule has 1 atom stereocenters. The molecule has 0 saturated carbocycles. The van der Waals surface area contributed by atoms with Crippen LogP contribution in [0, 0.1) is 0 Å². The predicted octanol–water partition coefficient (Wildman–Crippen LogP) is -0.160. The van der Waals surface area contributed by atoms with E-state index in [4.69, 9.17) is 5.11 Å². The van der Waals surface area contributed by atoms with Crippen molar-refractivity contribution >= 4 is 6.21 Å². The summed E-state index contributed by atoms with van der Waals surface area (Å²) in [5.74, 6) is 0. The average Bonchev–Trinajstić information content (AvgIpc) is 1.65. The fourth-order valence-corrected chi connectivity index (χ4v) is 0.474. The van der Waals surface area contributed by atoms with Crippen molar-refractivity contribution in [3.05, 3.63) is 12.4 Å². The Kier molecular flexibility index (Phi) is 1.06. The summed E-state index contributed by atoms with van der Waals surface area (Å²) in [6.07, 6.45) is 4.62. The zero-order valence-electron chi connectivity index (χ0n) is 4.63. The van der Waals surface area contributed by atoms with Crippen LogP contribution in [0.4, 0.5) is 0 Å². The van der Waals surface area contributed by atoms with E-state index in [0.717, 1.165) is 0 Å². The van der Waals surface area contributed by atoms with Crippen LogP contribution in [0.25, 0.3) is 0 Å². The largest absolute Gasteiger partial charge is 0.366 e. The first-order valence-corrected chi connectivity index (χ1v) is 2.40. The molecule has 0 aromatic rings. The van der Waals surface area contributed by atoms with Gasteiger partial charge < -0.3 is 10.4 Å². The van der Waals surface area contributed by atoms with Crippen molar-refractivity contribution in [2.24, 2.45) is 4.99 Å². The summed E-state index contributed by atoms with van der Waals surface area (Å²) in [5.41, 5.74) is -0.950. The molecule has 1 rings (SSSR count). The van der Waals surface area contributed by atoms with E-state index in [2.05, 4.69) is 10.3 Å². The number of nitrogens with zero attached hydrogens (tertiary/aromatic N) is 1. The SMILES string of the molecule is C[C@@]1(O)C=NC=CN1. The van der Waals surface area contributed by atoms with Crippen molar-refractivity contribution in [2.45, 2.75) is 12.6 Å². The molecule has 1 aliphatic heterocycles. The number of aliphatic hydroxyl groups is 1. The van der Waals surface area contributed by atoms with Crippen LogP contribution in [0.2, 0.25) is 0 Å². The molecular formula is C5H8N2O. The van der Waals surface area contributed by atoms with Crippen LogP contribution >= 0.6 is 0 Å². The fraction of sp³-hybridized carbons (Fsp3) is 0.400. The summed E-state index contributed by atoms with van der Waals surface area (Å²) in [6, 6.07) is 0. The summed E-state index contributed by atoms with van der Waals surface area (Å²) >= 11 is 0. The smallest absolute Gasteiger partial charge is 0.168 e. The number of rotatable bonds is 0. The second kappa shape index (κ2) is 1.59. The van der Waals surface area contributed by atoms with Gasteiger partial charge in [0, 0.05) is 12.4 Å². The molecule has 0 saturated heterocycles. The van der Waals surface area contributed by atoms with Gasteiger partial charge in [-0.25, -0.2) is 0 Å². The first-order valence-electron chi connectivity index (χ1n) is 2.40. The third-order valence-corrected chi connectivity index (χ3v) is 0.862. The Hall–Kier alpha value is -0.830. The number of hydrogen-bond donors (Lipinski definition) is 2. The summed E-state index contributed by atoms with van der Waals surface area (Å²) in [5, 5.41) is 11.7. The Bertz CT molecular complexity index is 137. The van der Waals surface area contributed by atoms with Crippen LogP contribution in [-0.4, -0.2) is 17.0 Å². The maximum atomic E-state index is 9.06. The van der Waals surface area contributed by atoms with Crippen LogP contribution in [0.3, 0.4) is 0 Å². The molecule has 0 aromatic heterocycles. The Morgan fingerprint density at radius 2 is 2.50 bits per heavy atom. The molecule has 0 unspecified atom stereocenters. The van der Waals surface area contributed by atoms with Crippen molar-refractivity contribution in [2.75, 3.05) is 0 Å². The van der Waals surface area contributed by atoms with E-state index < -0.39 is 5.72 Å². The lowest BCUT2D eigenvalue weighted by Gasteiger charge is -2.19. The Morgan fingerprint density at radius 3 is 2.75 bits per heavy atom. The molecule has 0 amide bonds. The van der Waals surface area contributed by atoms with Gasteiger partial charge in [-0.15, -0.1) is 0 Å². The van der Waals surface area contributed by atoms with Crippen molar-refractivity contribution in [3.8, 4) is 0 Å². The van der Waals surface area contributed by atoms with Gasteiger partial charge in [0.1, 0.15) is 0 Å². The van der Waals surface area contributed by atoms with Crippen LogP contribution in [0.15, 0.2) is 17.4 Å². The normalized spacial score (nSPS) is 34.8. The fourth-order valence-electron chi connectivity index (χ4n) is 0.474. The monoisotopic (exact) mass is 112 g/mol. The number of hydrogen-bond acceptors (Lipinski definition) is 3. The molecule has 0 aromatic carbocycles. The lowest BCUT2D eigenvalue weighted by Crippen LogP contribution is -2.41. The Balaban J connectivity index is 2.65. The minimum absolute atomic E-state index is 0.950. The van der Waals surface area contributed by atoms with Crippen LogP contribution in [0.5, 0.6) is 0 Å². The van der Waals surface area contributed by atoms with E-state index in [1.165, 1.54) is 6.21 Å². The van der Waals surface area contributed by atoms with Crippen molar-refractivity contribution in [1.29, 1.82) is 0 Å². The molecule has 3 nitrogen and oxygen atoms in total. The second-order valence-electron chi connectivity index (χ2n) is 1.89. The third kappa shape index (κ3) is 1.07. The van der Waals surface area contributed by atoms with E-state index in [1.807, 2.05) is 0 Å². The molecule has 0 radical (unpaired) electrons. The highest BCUT2D eigenvalue weighted by molar-refractivity contribution is 5.68. The van der Waals surface area contributed by atoms with Gasteiger partial charge in [-0.3, -0.25) is 4.99 Å². The lowest BCUT2D eigenvalue weighted by atomic mass is 10.3. The van der Waals surface area contributed by atoms with Gasteiger partial charge >= 0.3 is 0 Å². The molecule has 0 spiro atoms. The maximum absolute atomic E-state index is 9.06. The molecule has 8 heavy (non-hydrogen) atoms. The van der Waals surface area contributed by atoms with Gasteiger partial charge in [0.05, 0.1) is 6.21 Å². The Morgan fingerprint density at radius 1 is 1.75 bits per heavy atom. The van der Waals surface area contributed by atoms with Crippen molar-refractivity contribution in [3.63, 3.8) is 0 Å². The summed E-state index contributed by atoms with van der Waals surface area (Å²) in [7, 11) is 0. The average molecular weight is 112 g/mol. The van der Waals surface area contributed by atoms with E-state index >= 15 is 0 Å². The second-order valence-corrected chi connectivity index (χ2v) is 1.89. The predicted molar refractivity (Wildman–Crippen MR) is 31.4 cm³/mol. The van der Waals surface area contributed by atoms with E-state index in [1.54, 1.807) is 19.3 Å². The topological polar surface area (TPSA) is 44.6 Å². The highest BCUT2D eigenvalue weighted by Gasteiger charge is 2.14. The minimum Gasteiger partial charge on any atom is -0.366 e. The highest BCUT2D eigenvalue weighted by Crippen LogP contribution is 1.96. The molecule has 1 aliphatic rings. The number of aliphatic imine (C=N–C) groups is 1. The van der Waals surface area contributed by atoms with Gasteiger partial charge in [0.25, 0.3) is 0 Å². The first-order chi connectivity index (χ1) is 3.71. The molecular weight excluding hydrogens is 104 g/mol. The van der Waals surface area contributed by atoms with Gasteiger partial charge in [0.2, 0.25) is 0 Å². The quantitative estimate of drug-likeness (QED) is 0.457. The lowest BCUT2D eigenvalue weighted by molar-refractivity contribution is 0.114. The summed E-state index contributed by atoms with van der Waals surface area (Å²) in [6.45, 7) is 1.62. The van der Waals surface area contributed by atoms with Gasteiger partial charge in [0.15, 0.2) is 5.72 Å². The van der Waals surface area contributed by atoms with Crippen LogP contribution < -0.4 is 5.32 Å². The minimum atomic E-state index is -0.950. The van der Waals surface area contributed by atoms with E-state index in [-0.39, 0.29) is 0 Å². The van der Waals surface area contributed by atoms with Crippen molar-refractivity contribution < 1.29 is 5.11 Å². The molecule has 44 valence electrons. The van der Waals surface area contributed by atoms with Gasteiger partial charge in [-0.1, -0.05) is 0 Å². The van der Waals surface area contributed by atoms with Gasteiger partial charge in [-0.05, 0) is 6.92 Å². The van der Waals surface area contributed by atoms with Crippen molar-refractivity contribution in [1.82, 2.24) is 5.32 Å². The standard InChI is InChI=1S/C5H8N2O/c1-5(8)4-6-2-3-7-5/h2-4,7-8H,1H3/t5-/m1/s1. The zero-order chi connectivity index (χ0) is 6.04. The molecule has 0 fully saturated rings. The zero-order valence-corrected chi connectivity index (χ0v) is 4.63. The maximum Gasteiger partial charge on any atom is 0.168 e. The molecule has 0 bridgehead atoms. The molecule has 1 heterocycles. The van der Waals surface area contributed by atoms with Gasteiger partial charge in [-0.2, -0.15) is 0 Å². The summed E-state index contributed by atoms with van der Waals surface area (Å²) < 4.78 is 0. The van der Waals surface area contributed by atoms with E-state index in [9.17, 15) is 0 Å². The van der Waals surface area contributed by atoms with E-state index in [0.29, 0.717) is 0 Å². The first kappa shape index (κ1) is 5.31. The van der Waals surface area contributed by atoms with Crippen LogP contribution in [0.1, 0.15) is 6.92 Å². The molecule has 3 heteroatoms.